The van der Waals surface area contributed by atoms with E-state index >= 15 is 0 Å². The van der Waals surface area contributed by atoms with Crippen molar-refractivity contribution in [1.82, 2.24) is 0 Å². The molecule has 2 aliphatic rings. The lowest BCUT2D eigenvalue weighted by molar-refractivity contribution is -0.313. The molecular weight excluding hydrogens is 607 g/mol. The second-order valence-electron chi connectivity index (χ2n) is 11.6. The van der Waals surface area contributed by atoms with E-state index in [1.54, 1.807) is 11.8 Å². The molecule has 0 saturated carbocycles. The van der Waals surface area contributed by atoms with Gasteiger partial charge in [-0.2, -0.15) is 0 Å². The van der Waals surface area contributed by atoms with E-state index in [9.17, 15) is 5.53 Å². The van der Waals surface area contributed by atoms with Crippen LogP contribution in [0.15, 0.2) is 157 Å². The molecule has 2 heterocycles. The van der Waals surface area contributed by atoms with Gasteiger partial charge in [0, 0.05) is 10.5 Å². The maximum Gasteiger partial charge on any atom is 0.184 e. The van der Waals surface area contributed by atoms with Gasteiger partial charge in [0.15, 0.2) is 12.5 Å². The van der Waals surface area contributed by atoms with E-state index in [4.69, 9.17) is 18.9 Å². The van der Waals surface area contributed by atoms with Crippen molar-refractivity contribution in [2.24, 2.45) is 5.11 Å². The Morgan fingerprint density at radius 3 is 1.74 bits per heavy atom. The maximum atomic E-state index is 9.83. The van der Waals surface area contributed by atoms with Crippen LogP contribution in [0.2, 0.25) is 0 Å². The Balaban J connectivity index is 1.37. The molecule has 5 aromatic carbocycles. The minimum atomic E-state index is -0.858. The van der Waals surface area contributed by atoms with Gasteiger partial charge in [0.1, 0.15) is 18.3 Å². The Kier molecular flexibility index (Phi) is 9.68. The highest BCUT2D eigenvalue weighted by atomic mass is 32.2. The topological polar surface area (TPSA) is 85.7 Å². The molecule has 6 atom stereocenters. The number of rotatable bonds is 10. The molecule has 0 N–H and O–H groups in total. The van der Waals surface area contributed by atoms with E-state index < -0.39 is 40.8 Å². The summed E-state index contributed by atoms with van der Waals surface area (Å²) in [5, 5.41) is 3.77. The Labute approximate surface area is 279 Å². The molecule has 0 radical (unpaired) electrons. The number of benzene rings is 5. The Hall–Kier alpha value is -4.40. The van der Waals surface area contributed by atoms with Crippen molar-refractivity contribution in [1.29, 1.82) is 0 Å². The molecule has 236 valence electrons. The van der Waals surface area contributed by atoms with Crippen LogP contribution in [0, 0.1) is 0 Å². The van der Waals surface area contributed by atoms with Crippen molar-refractivity contribution < 1.29 is 18.9 Å². The summed E-state index contributed by atoms with van der Waals surface area (Å²) < 4.78 is 25.7. The molecule has 2 aliphatic heterocycles. The summed E-state index contributed by atoms with van der Waals surface area (Å²) in [5.74, 6) is 0. The summed E-state index contributed by atoms with van der Waals surface area (Å²) in [6, 6.07) is 51.3. The summed E-state index contributed by atoms with van der Waals surface area (Å²) in [4.78, 5) is 3.26. The molecule has 5 aromatic rings. The number of ether oxygens (including phenoxy) is 4. The number of fused-ring (bicyclic) bond motifs is 1. The van der Waals surface area contributed by atoms with Gasteiger partial charge in [-0.05, 0) is 27.8 Å². The van der Waals surface area contributed by atoms with Crippen molar-refractivity contribution in [3.8, 4) is 0 Å². The Bertz CT molecular complexity index is 1660. The molecule has 0 aliphatic carbocycles. The van der Waals surface area contributed by atoms with Crippen LogP contribution in [0.4, 0.5) is 0 Å². The maximum absolute atomic E-state index is 9.83. The molecule has 0 aromatic heterocycles. The molecule has 0 amide bonds. The lowest BCUT2D eigenvalue weighted by atomic mass is 9.84. The van der Waals surface area contributed by atoms with Gasteiger partial charge in [-0.3, -0.25) is 0 Å². The van der Waals surface area contributed by atoms with Crippen LogP contribution >= 0.6 is 11.8 Å². The average molecular weight is 642 g/mol. The van der Waals surface area contributed by atoms with Gasteiger partial charge >= 0.3 is 0 Å². The summed E-state index contributed by atoms with van der Waals surface area (Å²) in [7, 11) is 0. The zero-order valence-corrected chi connectivity index (χ0v) is 26.5. The summed E-state index contributed by atoms with van der Waals surface area (Å²) >= 11 is 1.68. The zero-order valence-electron chi connectivity index (χ0n) is 25.7. The SMILES string of the molecule is [N-]=[N+]=N[C@H]1O[C@@H]2COC(c3ccccc3)O[C@H]2[C@H](OCc2ccccc2)[C@H]1SC(c1ccccc1)(c1ccccc1)c1ccccc1. The van der Waals surface area contributed by atoms with E-state index in [1.165, 1.54) is 0 Å². The Morgan fingerprint density at radius 2 is 1.21 bits per heavy atom. The molecule has 7 nitrogen and oxygen atoms in total. The van der Waals surface area contributed by atoms with E-state index in [-0.39, 0.29) is 6.61 Å². The molecule has 0 bridgehead atoms. The average Bonchev–Trinajstić information content (AvgIpc) is 3.15. The summed E-state index contributed by atoms with van der Waals surface area (Å²) in [6.45, 7) is 0.621. The number of azide groups is 1. The number of nitrogens with zero attached hydrogens (tertiary/aromatic N) is 3. The van der Waals surface area contributed by atoms with Gasteiger partial charge in [-0.15, -0.1) is 11.8 Å². The minimum Gasteiger partial charge on any atom is -0.369 e. The molecule has 7 rings (SSSR count). The fourth-order valence-corrected chi connectivity index (χ4v) is 8.32. The van der Waals surface area contributed by atoms with Gasteiger partial charge in [0.2, 0.25) is 0 Å². The van der Waals surface area contributed by atoms with Crippen molar-refractivity contribution in [3.05, 3.63) is 190 Å². The third-order valence-corrected chi connectivity index (χ3v) is 10.5. The second kappa shape index (κ2) is 14.6. The van der Waals surface area contributed by atoms with Crippen molar-refractivity contribution >= 4 is 11.8 Å². The van der Waals surface area contributed by atoms with Crippen LogP contribution in [0.5, 0.6) is 0 Å². The standard InChI is InChI=1S/C39H35N3O4S/c40-42-41-37-36(47-39(30-20-10-3-11-21-30,31-22-12-4-13-23-31)32-24-14-5-15-25-32)35(43-26-28-16-6-1-7-17-28)34-33(45-37)27-44-38(46-34)29-18-8-2-9-19-29/h1-25,33-38H,26-27H2/t33-,34-,35+,36-,37+,38?/m1/s1. The van der Waals surface area contributed by atoms with Crippen LogP contribution in [0.1, 0.15) is 34.1 Å². The van der Waals surface area contributed by atoms with Crippen LogP contribution in [-0.2, 0) is 30.3 Å². The zero-order chi connectivity index (χ0) is 31.9. The van der Waals surface area contributed by atoms with Crippen molar-refractivity contribution in [2.45, 2.75) is 47.4 Å². The third kappa shape index (κ3) is 6.58. The molecular formula is C39H35N3O4S. The van der Waals surface area contributed by atoms with Gasteiger partial charge in [0.25, 0.3) is 0 Å². The molecule has 2 saturated heterocycles. The number of hydrogen-bond donors (Lipinski definition) is 0. The van der Waals surface area contributed by atoms with E-state index in [0.717, 1.165) is 27.8 Å². The third-order valence-electron chi connectivity index (χ3n) is 8.68. The van der Waals surface area contributed by atoms with Gasteiger partial charge < -0.3 is 18.9 Å². The Morgan fingerprint density at radius 1 is 0.702 bits per heavy atom. The van der Waals surface area contributed by atoms with Gasteiger partial charge in [-0.25, -0.2) is 0 Å². The van der Waals surface area contributed by atoms with Crippen molar-refractivity contribution in [3.63, 3.8) is 0 Å². The van der Waals surface area contributed by atoms with Crippen LogP contribution < -0.4 is 0 Å². The molecule has 0 spiro atoms. The van der Waals surface area contributed by atoms with Crippen molar-refractivity contribution in [2.75, 3.05) is 6.61 Å². The highest BCUT2D eigenvalue weighted by molar-refractivity contribution is 8.01. The number of hydrogen-bond acceptors (Lipinski definition) is 6. The first-order valence-corrected chi connectivity index (χ1v) is 16.7. The largest absolute Gasteiger partial charge is 0.369 e. The lowest BCUT2D eigenvalue weighted by Gasteiger charge is -2.50. The smallest absolute Gasteiger partial charge is 0.184 e. The predicted octanol–water partition coefficient (Wildman–Crippen LogP) is 8.82. The minimum absolute atomic E-state index is 0.269. The van der Waals surface area contributed by atoms with Crippen LogP contribution in [0.25, 0.3) is 10.4 Å². The van der Waals surface area contributed by atoms with Crippen LogP contribution in [0.3, 0.4) is 0 Å². The highest BCUT2D eigenvalue weighted by Gasteiger charge is 2.54. The van der Waals surface area contributed by atoms with Gasteiger partial charge in [-0.1, -0.05) is 157 Å². The molecule has 2 fully saturated rings. The summed E-state index contributed by atoms with van der Waals surface area (Å²) in [5.41, 5.74) is 15.0. The highest BCUT2D eigenvalue weighted by Crippen LogP contribution is 2.54. The van der Waals surface area contributed by atoms with E-state index in [2.05, 4.69) is 82.8 Å². The first-order valence-electron chi connectivity index (χ1n) is 15.8. The normalized spacial score (nSPS) is 24.1. The van der Waals surface area contributed by atoms with Gasteiger partial charge in [0.05, 0.1) is 23.2 Å². The first kappa shape index (κ1) is 31.2. The fraction of sp³-hybridized carbons (Fsp3) is 0.231. The van der Waals surface area contributed by atoms with Crippen LogP contribution in [-0.4, -0.2) is 36.4 Å². The monoisotopic (exact) mass is 641 g/mol. The lowest BCUT2D eigenvalue weighted by Crippen LogP contribution is -2.61. The predicted molar refractivity (Wildman–Crippen MR) is 183 cm³/mol. The number of thioether (sulfide) groups is 1. The molecule has 47 heavy (non-hydrogen) atoms. The quantitative estimate of drug-likeness (QED) is 0.0658. The second-order valence-corrected chi connectivity index (χ2v) is 13.0. The van der Waals surface area contributed by atoms with E-state index in [0.29, 0.717) is 6.61 Å². The molecule has 8 heteroatoms. The fourth-order valence-electron chi connectivity index (χ4n) is 6.50. The summed E-state index contributed by atoms with van der Waals surface area (Å²) in [6.07, 6.45) is -2.97. The van der Waals surface area contributed by atoms with E-state index in [1.807, 2.05) is 78.9 Å². The molecule has 1 unspecified atom stereocenters. The first-order chi connectivity index (χ1) is 23.3.